The van der Waals surface area contributed by atoms with Crippen LogP contribution >= 0.6 is 0 Å². The summed E-state index contributed by atoms with van der Waals surface area (Å²) in [5.74, 6) is 0. The Bertz CT molecular complexity index is 490. The number of amides is 1. The molecule has 5 heteroatoms. The van der Waals surface area contributed by atoms with E-state index in [1.165, 1.54) is 23.9 Å². The second kappa shape index (κ2) is 7.31. The molecule has 1 unspecified atom stereocenters. The fraction of sp³-hybridized carbons (Fsp3) is 0.562. The van der Waals surface area contributed by atoms with Crippen LogP contribution in [-0.4, -0.2) is 38.9 Å². The molecule has 1 saturated heterocycles. The van der Waals surface area contributed by atoms with E-state index >= 15 is 0 Å². The lowest BCUT2D eigenvalue weighted by atomic mass is 10.1. The fourth-order valence-corrected chi connectivity index (χ4v) is 2.67. The molecule has 116 valence electrons. The van der Waals surface area contributed by atoms with Gasteiger partial charge in [0.05, 0.1) is 13.2 Å². The first-order valence-corrected chi connectivity index (χ1v) is 7.53. The molecule has 1 atom stereocenters. The van der Waals surface area contributed by atoms with E-state index in [9.17, 15) is 4.79 Å². The Morgan fingerprint density at radius 1 is 1.48 bits per heavy atom. The van der Waals surface area contributed by atoms with E-state index in [1.807, 2.05) is 0 Å². The molecule has 0 saturated carbocycles. The van der Waals surface area contributed by atoms with Crippen LogP contribution in [0.5, 0.6) is 0 Å². The van der Waals surface area contributed by atoms with Crippen molar-refractivity contribution in [3.8, 4) is 0 Å². The highest BCUT2D eigenvalue weighted by molar-refractivity contribution is 5.67. The Kier molecular flexibility index (Phi) is 5.44. The molecule has 0 aromatic heterocycles. The first-order valence-electron chi connectivity index (χ1n) is 7.53. The zero-order valence-electron chi connectivity index (χ0n) is 13.1. The summed E-state index contributed by atoms with van der Waals surface area (Å²) in [5.41, 5.74) is 3.86. The topological polar surface area (TPSA) is 53.6 Å². The summed E-state index contributed by atoms with van der Waals surface area (Å²) in [7, 11) is 1.40. The molecule has 2 rings (SSSR count). The van der Waals surface area contributed by atoms with E-state index in [2.05, 4.69) is 52.3 Å². The first kappa shape index (κ1) is 15.6. The Labute approximate surface area is 126 Å². The lowest BCUT2D eigenvalue weighted by Gasteiger charge is -2.20. The Balaban J connectivity index is 1.96. The molecule has 1 heterocycles. The molecule has 1 aromatic carbocycles. The number of anilines is 1. The Morgan fingerprint density at radius 3 is 2.95 bits per heavy atom. The van der Waals surface area contributed by atoms with Crippen LogP contribution < -0.4 is 15.5 Å². The van der Waals surface area contributed by atoms with Gasteiger partial charge >= 0.3 is 6.09 Å². The number of aryl methyl sites for hydroxylation is 1. The first-order chi connectivity index (χ1) is 10.1. The third kappa shape index (κ3) is 4.11. The number of carbonyl (C=O) groups excluding carboxylic acids is 1. The van der Waals surface area contributed by atoms with Crippen LogP contribution in [0.2, 0.25) is 0 Å². The van der Waals surface area contributed by atoms with Gasteiger partial charge in [-0.25, -0.2) is 4.79 Å². The molecule has 1 aliphatic heterocycles. The van der Waals surface area contributed by atoms with Gasteiger partial charge in [0.15, 0.2) is 0 Å². The fourth-order valence-electron chi connectivity index (χ4n) is 2.67. The predicted molar refractivity (Wildman–Crippen MR) is 84.7 cm³/mol. The van der Waals surface area contributed by atoms with Crippen molar-refractivity contribution in [2.24, 2.45) is 0 Å². The minimum atomic E-state index is -0.348. The van der Waals surface area contributed by atoms with Gasteiger partial charge in [0.25, 0.3) is 0 Å². The SMILES string of the molecule is CCNCc1ccc(N2CCC(NC(=O)OC)C2)cc1C. The maximum Gasteiger partial charge on any atom is 0.407 e. The van der Waals surface area contributed by atoms with Gasteiger partial charge in [0, 0.05) is 25.3 Å². The Hall–Kier alpha value is -1.75. The third-order valence-corrected chi connectivity index (χ3v) is 3.95. The number of carbonyl (C=O) groups is 1. The van der Waals surface area contributed by atoms with E-state index in [0.29, 0.717) is 0 Å². The quantitative estimate of drug-likeness (QED) is 0.871. The lowest BCUT2D eigenvalue weighted by molar-refractivity contribution is 0.167. The van der Waals surface area contributed by atoms with Crippen LogP contribution in [0.15, 0.2) is 18.2 Å². The molecule has 2 N–H and O–H groups in total. The molecule has 1 amide bonds. The number of hydrogen-bond acceptors (Lipinski definition) is 4. The molecule has 1 fully saturated rings. The number of ether oxygens (including phenoxy) is 1. The summed E-state index contributed by atoms with van der Waals surface area (Å²) < 4.78 is 4.65. The van der Waals surface area contributed by atoms with Crippen LogP contribution in [0.3, 0.4) is 0 Å². The van der Waals surface area contributed by atoms with E-state index in [-0.39, 0.29) is 12.1 Å². The Morgan fingerprint density at radius 2 is 2.29 bits per heavy atom. The zero-order chi connectivity index (χ0) is 15.2. The smallest absolute Gasteiger partial charge is 0.407 e. The van der Waals surface area contributed by atoms with Crippen LogP contribution in [0.25, 0.3) is 0 Å². The summed E-state index contributed by atoms with van der Waals surface area (Å²) in [6, 6.07) is 6.75. The van der Waals surface area contributed by atoms with Gasteiger partial charge in [-0.15, -0.1) is 0 Å². The zero-order valence-corrected chi connectivity index (χ0v) is 13.1. The monoisotopic (exact) mass is 291 g/mol. The van der Waals surface area contributed by atoms with Crippen molar-refractivity contribution < 1.29 is 9.53 Å². The van der Waals surface area contributed by atoms with Crippen LogP contribution in [0.1, 0.15) is 24.5 Å². The molecule has 1 aliphatic rings. The van der Waals surface area contributed by atoms with Crippen molar-refractivity contribution in [1.29, 1.82) is 0 Å². The molecule has 21 heavy (non-hydrogen) atoms. The molecule has 5 nitrogen and oxygen atoms in total. The second-order valence-corrected chi connectivity index (χ2v) is 5.46. The van der Waals surface area contributed by atoms with Gasteiger partial charge in [-0.2, -0.15) is 0 Å². The van der Waals surface area contributed by atoms with E-state index < -0.39 is 0 Å². The summed E-state index contributed by atoms with van der Waals surface area (Å²) in [6.07, 6.45) is 0.604. The van der Waals surface area contributed by atoms with Gasteiger partial charge in [-0.3, -0.25) is 0 Å². The summed E-state index contributed by atoms with van der Waals surface area (Å²) in [4.78, 5) is 13.6. The third-order valence-electron chi connectivity index (χ3n) is 3.95. The summed E-state index contributed by atoms with van der Waals surface area (Å²) >= 11 is 0. The van der Waals surface area contributed by atoms with Gasteiger partial charge in [-0.1, -0.05) is 13.0 Å². The minimum absolute atomic E-state index is 0.166. The minimum Gasteiger partial charge on any atom is -0.453 e. The summed E-state index contributed by atoms with van der Waals surface area (Å²) in [5, 5.41) is 6.22. The van der Waals surface area contributed by atoms with E-state index in [0.717, 1.165) is 32.6 Å². The number of nitrogens with one attached hydrogen (secondary N) is 2. The molecule has 0 bridgehead atoms. The molecule has 1 aromatic rings. The largest absolute Gasteiger partial charge is 0.453 e. The number of rotatable bonds is 5. The normalized spacial score (nSPS) is 17.9. The van der Waals surface area contributed by atoms with Crippen molar-refractivity contribution in [1.82, 2.24) is 10.6 Å². The molecular weight excluding hydrogens is 266 g/mol. The van der Waals surface area contributed by atoms with Crippen molar-refractivity contribution in [2.75, 3.05) is 31.6 Å². The lowest BCUT2D eigenvalue weighted by Crippen LogP contribution is -2.36. The number of benzene rings is 1. The molecule has 0 spiro atoms. The predicted octanol–water partition coefficient (Wildman–Crippen LogP) is 2.04. The standard InChI is InChI=1S/C16H25N3O2/c1-4-17-10-13-5-6-15(9-12(13)2)19-8-7-14(11-19)18-16(20)21-3/h5-6,9,14,17H,4,7-8,10-11H2,1-3H3,(H,18,20). The van der Waals surface area contributed by atoms with Crippen molar-refractivity contribution in [3.05, 3.63) is 29.3 Å². The second-order valence-electron chi connectivity index (χ2n) is 5.46. The number of alkyl carbamates (subject to hydrolysis) is 1. The average molecular weight is 291 g/mol. The van der Waals surface area contributed by atoms with Crippen molar-refractivity contribution in [2.45, 2.75) is 32.9 Å². The molecular formula is C16H25N3O2. The van der Waals surface area contributed by atoms with E-state index in [4.69, 9.17) is 0 Å². The van der Waals surface area contributed by atoms with Gasteiger partial charge in [0.1, 0.15) is 0 Å². The molecule has 0 aliphatic carbocycles. The van der Waals surface area contributed by atoms with E-state index in [1.54, 1.807) is 0 Å². The highest BCUT2D eigenvalue weighted by atomic mass is 16.5. The number of methoxy groups -OCH3 is 1. The van der Waals surface area contributed by atoms with Gasteiger partial charge in [-0.05, 0) is 43.1 Å². The van der Waals surface area contributed by atoms with Gasteiger partial charge in [0.2, 0.25) is 0 Å². The molecule has 0 radical (unpaired) electrons. The highest BCUT2D eigenvalue weighted by Crippen LogP contribution is 2.23. The van der Waals surface area contributed by atoms with Crippen LogP contribution in [-0.2, 0) is 11.3 Å². The van der Waals surface area contributed by atoms with Crippen molar-refractivity contribution >= 4 is 11.8 Å². The maximum absolute atomic E-state index is 11.3. The maximum atomic E-state index is 11.3. The highest BCUT2D eigenvalue weighted by Gasteiger charge is 2.24. The van der Waals surface area contributed by atoms with Crippen LogP contribution in [0, 0.1) is 6.92 Å². The van der Waals surface area contributed by atoms with Crippen LogP contribution in [0.4, 0.5) is 10.5 Å². The van der Waals surface area contributed by atoms with Crippen molar-refractivity contribution in [3.63, 3.8) is 0 Å². The summed E-state index contributed by atoms with van der Waals surface area (Å²) in [6.45, 7) is 7.95. The van der Waals surface area contributed by atoms with Gasteiger partial charge < -0.3 is 20.3 Å². The number of nitrogens with zero attached hydrogens (tertiary/aromatic N) is 1. The number of hydrogen-bond donors (Lipinski definition) is 2. The average Bonchev–Trinajstić information content (AvgIpc) is 2.94.